The first-order valence-electron chi connectivity index (χ1n) is 5.75. The van der Waals surface area contributed by atoms with Crippen LogP contribution in [0.2, 0.25) is 0 Å². The van der Waals surface area contributed by atoms with Crippen molar-refractivity contribution in [1.29, 1.82) is 0 Å². The van der Waals surface area contributed by atoms with E-state index < -0.39 is 5.91 Å². The Bertz CT molecular complexity index is 231. The highest BCUT2D eigenvalue weighted by Crippen LogP contribution is 2.21. The highest BCUT2D eigenvalue weighted by Gasteiger charge is 2.32. The van der Waals surface area contributed by atoms with Crippen LogP contribution in [0.3, 0.4) is 0 Å². The van der Waals surface area contributed by atoms with Crippen molar-refractivity contribution in [3.05, 3.63) is 0 Å². The zero-order chi connectivity index (χ0) is 11.1. The molecule has 1 N–H and O–H groups in total. The van der Waals surface area contributed by atoms with Crippen molar-refractivity contribution >= 4 is 23.6 Å². The van der Waals surface area contributed by atoms with E-state index in [1.807, 2.05) is 0 Å². The molecule has 86 valence electrons. The van der Waals surface area contributed by atoms with E-state index in [0.29, 0.717) is 0 Å². The molecule has 1 aliphatic heterocycles. The van der Waals surface area contributed by atoms with E-state index >= 15 is 0 Å². The maximum absolute atomic E-state index is 11.2. The summed E-state index contributed by atoms with van der Waals surface area (Å²) in [6.07, 6.45) is 8.18. The molecule has 0 aromatic heterocycles. The number of Topliss-reactive ketones (excluding diaryl/α,β-unsaturated/α-hetero) is 1. The lowest BCUT2D eigenvalue weighted by Crippen LogP contribution is -2.20. The van der Waals surface area contributed by atoms with Gasteiger partial charge in [0.1, 0.15) is 0 Å². The van der Waals surface area contributed by atoms with Crippen molar-refractivity contribution in [2.45, 2.75) is 57.1 Å². The Hall–Kier alpha value is -0.510. The minimum Gasteiger partial charge on any atom is -0.293 e. The van der Waals surface area contributed by atoms with Gasteiger partial charge >= 0.3 is 0 Å². The van der Waals surface area contributed by atoms with Crippen LogP contribution in [0.5, 0.6) is 0 Å². The van der Waals surface area contributed by atoms with Gasteiger partial charge < -0.3 is 0 Å². The SMILES string of the molecule is CCCCCCCCC1SNC(=O)C1=O. The second kappa shape index (κ2) is 6.88. The quantitative estimate of drug-likeness (QED) is 0.414. The van der Waals surface area contributed by atoms with Gasteiger partial charge in [-0.3, -0.25) is 14.3 Å². The molecule has 1 heterocycles. The molecule has 4 heteroatoms. The fourth-order valence-corrected chi connectivity index (χ4v) is 2.52. The number of ketones is 1. The molecule has 0 spiro atoms. The monoisotopic (exact) mass is 229 g/mol. The molecule has 0 aromatic carbocycles. The van der Waals surface area contributed by atoms with Gasteiger partial charge in [0.05, 0.1) is 5.25 Å². The van der Waals surface area contributed by atoms with Crippen molar-refractivity contribution in [3.8, 4) is 0 Å². The molecule has 0 saturated carbocycles. The first-order chi connectivity index (χ1) is 7.25. The van der Waals surface area contributed by atoms with Gasteiger partial charge in [-0.25, -0.2) is 0 Å². The molecule has 1 rings (SSSR count). The fraction of sp³-hybridized carbons (Fsp3) is 0.818. The van der Waals surface area contributed by atoms with E-state index in [2.05, 4.69) is 11.6 Å². The first kappa shape index (κ1) is 12.6. The molecule has 1 unspecified atom stereocenters. The number of hydrogen-bond acceptors (Lipinski definition) is 3. The third kappa shape index (κ3) is 4.24. The average molecular weight is 229 g/mol. The van der Waals surface area contributed by atoms with E-state index in [1.165, 1.54) is 44.1 Å². The number of nitrogens with one attached hydrogen (secondary N) is 1. The molecule has 0 radical (unpaired) electrons. The Morgan fingerprint density at radius 1 is 1.13 bits per heavy atom. The van der Waals surface area contributed by atoms with Gasteiger partial charge in [0.15, 0.2) is 0 Å². The summed E-state index contributed by atoms with van der Waals surface area (Å²) in [6, 6.07) is 0. The highest BCUT2D eigenvalue weighted by atomic mass is 32.2. The third-order valence-corrected chi connectivity index (χ3v) is 3.67. The highest BCUT2D eigenvalue weighted by molar-refractivity contribution is 8.00. The average Bonchev–Trinajstić information content (AvgIpc) is 2.54. The van der Waals surface area contributed by atoms with Crippen LogP contribution in [-0.2, 0) is 9.59 Å². The van der Waals surface area contributed by atoms with Gasteiger partial charge in [0.2, 0.25) is 5.78 Å². The van der Waals surface area contributed by atoms with E-state index in [0.717, 1.165) is 12.8 Å². The fourth-order valence-electron chi connectivity index (χ4n) is 1.67. The molecular weight excluding hydrogens is 210 g/mol. The second-order valence-corrected chi connectivity index (χ2v) is 4.97. The maximum Gasteiger partial charge on any atom is 0.298 e. The van der Waals surface area contributed by atoms with Crippen LogP contribution in [-0.4, -0.2) is 16.9 Å². The van der Waals surface area contributed by atoms with E-state index in [9.17, 15) is 9.59 Å². The number of rotatable bonds is 7. The lowest BCUT2D eigenvalue weighted by Gasteiger charge is -2.04. The predicted octanol–water partition coefficient (Wildman–Crippen LogP) is 2.45. The molecule has 1 amide bonds. The Balaban J connectivity index is 2.01. The first-order valence-corrected chi connectivity index (χ1v) is 6.63. The molecule has 3 nitrogen and oxygen atoms in total. The van der Waals surface area contributed by atoms with Gasteiger partial charge in [0, 0.05) is 0 Å². The van der Waals surface area contributed by atoms with Crippen molar-refractivity contribution in [3.63, 3.8) is 0 Å². The van der Waals surface area contributed by atoms with Gasteiger partial charge in [-0.15, -0.1) is 0 Å². The van der Waals surface area contributed by atoms with Crippen molar-refractivity contribution in [2.75, 3.05) is 0 Å². The second-order valence-electron chi connectivity index (χ2n) is 3.96. The number of carbonyl (C=O) groups excluding carboxylic acids is 2. The molecule has 1 saturated heterocycles. The lowest BCUT2D eigenvalue weighted by atomic mass is 10.1. The number of carbonyl (C=O) groups is 2. The van der Waals surface area contributed by atoms with Crippen molar-refractivity contribution in [1.82, 2.24) is 4.72 Å². The van der Waals surface area contributed by atoms with Crippen LogP contribution in [0.4, 0.5) is 0 Å². The largest absolute Gasteiger partial charge is 0.298 e. The lowest BCUT2D eigenvalue weighted by molar-refractivity contribution is -0.135. The Labute approximate surface area is 95.5 Å². The number of hydrogen-bond donors (Lipinski definition) is 1. The van der Waals surface area contributed by atoms with E-state index in [4.69, 9.17) is 0 Å². The summed E-state index contributed by atoms with van der Waals surface area (Å²) < 4.78 is 2.51. The van der Waals surface area contributed by atoms with Crippen LogP contribution >= 0.6 is 11.9 Å². The van der Waals surface area contributed by atoms with Gasteiger partial charge in [-0.05, 0) is 18.4 Å². The normalized spacial score (nSPS) is 20.7. The van der Waals surface area contributed by atoms with Gasteiger partial charge in [0.25, 0.3) is 5.91 Å². The smallest absolute Gasteiger partial charge is 0.293 e. The summed E-state index contributed by atoms with van der Waals surface area (Å²) in [4.78, 5) is 22.1. The molecule has 1 aliphatic rings. The van der Waals surface area contributed by atoms with Gasteiger partial charge in [-0.2, -0.15) is 0 Å². The summed E-state index contributed by atoms with van der Waals surface area (Å²) in [5, 5.41) is -0.122. The molecule has 0 aromatic rings. The summed E-state index contributed by atoms with van der Waals surface area (Å²) in [5.41, 5.74) is 0. The third-order valence-electron chi connectivity index (χ3n) is 2.63. The van der Waals surface area contributed by atoms with Crippen LogP contribution in [0.1, 0.15) is 51.9 Å². The summed E-state index contributed by atoms with van der Waals surface area (Å²) in [7, 11) is 0. The summed E-state index contributed by atoms with van der Waals surface area (Å²) >= 11 is 1.28. The minimum absolute atomic E-state index is 0.122. The molecule has 1 atom stereocenters. The number of unbranched alkanes of at least 4 members (excludes halogenated alkanes) is 5. The van der Waals surface area contributed by atoms with Crippen molar-refractivity contribution < 1.29 is 9.59 Å². The molecule has 0 aliphatic carbocycles. The van der Waals surface area contributed by atoms with Crippen LogP contribution in [0.15, 0.2) is 0 Å². The zero-order valence-corrected chi connectivity index (χ0v) is 10.1. The van der Waals surface area contributed by atoms with Crippen LogP contribution in [0, 0.1) is 0 Å². The van der Waals surface area contributed by atoms with E-state index in [1.54, 1.807) is 0 Å². The molecular formula is C11H19NO2S. The predicted molar refractivity (Wildman–Crippen MR) is 62.5 cm³/mol. The Morgan fingerprint density at radius 2 is 1.80 bits per heavy atom. The van der Waals surface area contributed by atoms with Crippen LogP contribution < -0.4 is 4.72 Å². The molecule has 1 fully saturated rings. The standard InChI is InChI=1S/C11H19NO2S/c1-2-3-4-5-6-7-8-9-10(13)11(14)12-15-9/h9H,2-8H2,1H3,(H,12,14). The molecule has 0 bridgehead atoms. The topological polar surface area (TPSA) is 46.2 Å². The zero-order valence-electron chi connectivity index (χ0n) is 9.25. The summed E-state index contributed by atoms with van der Waals surface area (Å²) in [5.74, 6) is -0.662. The number of amides is 1. The van der Waals surface area contributed by atoms with Crippen LogP contribution in [0.25, 0.3) is 0 Å². The Morgan fingerprint density at radius 3 is 2.40 bits per heavy atom. The van der Waals surface area contributed by atoms with Gasteiger partial charge in [-0.1, -0.05) is 45.4 Å². The maximum atomic E-state index is 11.2. The van der Waals surface area contributed by atoms with E-state index in [-0.39, 0.29) is 11.0 Å². The Kier molecular flexibility index (Phi) is 5.76. The summed E-state index contributed by atoms with van der Waals surface area (Å²) in [6.45, 7) is 2.20. The van der Waals surface area contributed by atoms with Crippen molar-refractivity contribution in [2.24, 2.45) is 0 Å². The molecule has 15 heavy (non-hydrogen) atoms. The minimum atomic E-state index is -0.420.